The van der Waals surface area contributed by atoms with E-state index in [0.29, 0.717) is 22.3 Å². The molecule has 2 aromatic rings. The van der Waals surface area contributed by atoms with Gasteiger partial charge in [-0.15, -0.1) is 0 Å². The number of nitrogens with two attached hydrogens (primary N) is 1. The van der Waals surface area contributed by atoms with E-state index in [9.17, 15) is 8.42 Å². The SMILES string of the molecule is Cc1c(Br)cc(CN)cc1S(=O)(=O)NCCc1ncon1. The van der Waals surface area contributed by atoms with Crippen molar-refractivity contribution in [2.75, 3.05) is 6.54 Å². The lowest BCUT2D eigenvalue weighted by molar-refractivity contribution is 0.410. The summed E-state index contributed by atoms with van der Waals surface area (Å²) >= 11 is 3.35. The van der Waals surface area contributed by atoms with Crippen LogP contribution in [0.15, 0.2) is 32.4 Å². The summed E-state index contributed by atoms with van der Waals surface area (Å²) in [5.41, 5.74) is 6.96. The van der Waals surface area contributed by atoms with E-state index in [0.717, 1.165) is 5.56 Å². The summed E-state index contributed by atoms with van der Waals surface area (Å²) in [5.74, 6) is 0.450. The van der Waals surface area contributed by atoms with Crippen LogP contribution in [0.5, 0.6) is 0 Å². The monoisotopic (exact) mass is 374 g/mol. The van der Waals surface area contributed by atoms with Crippen molar-refractivity contribution in [1.82, 2.24) is 14.9 Å². The maximum absolute atomic E-state index is 12.4. The molecule has 0 bridgehead atoms. The summed E-state index contributed by atoms with van der Waals surface area (Å²) < 4.78 is 32.6. The maximum Gasteiger partial charge on any atom is 0.240 e. The second-order valence-electron chi connectivity index (χ2n) is 4.40. The summed E-state index contributed by atoms with van der Waals surface area (Å²) in [6.45, 7) is 2.19. The first-order valence-corrected chi connectivity index (χ1v) is 8.45. The molecule has 2 rings (SSSR count). The van der Waals surface area contributed by atoms with E-state index in [4.69, 9.17) is 5.73 Å². The lowest BCUT2D eigenvalue weighted by Gasteiger charge is -2.12. The van der Waals surface area contributed by atoms with Crippen molar-refractivity contribution in [1.29, 1.82) is 0 Å². The second-order valence-corrected chi connectivity index (χ2v) is 6.99. The smallest absolute Gasteiger partial charge is 0.240 e. The molecular formula is C12H15BrN4O3S. The molecule has 0 aliphatic heterocycles. The second kappa shape index (κ2) is 6.65. The van der Waals surface area contributed by atoms with Gasteiger partial charge in [0.2, 0.25) is 16.4 Å². The van der Waals surface area contributed by atoms with Crippen molar-refractivity contribution in [2.24, 2.45) is 5.73 Å². The number of nitrogens with one attached hydrogen (secondary N) is 1. The van der Waals surface area contributed by atoms with Crippen LogP contribution in [-0.4, -0.2) is 25.1 Å². The van der Waals surface area contributed by atoms with Gasteiger partial charge in [-0.05, 0) is 30.2 Å². The Balaban J connectivity index is 2.17. The molecule has 1 aromatic heterocycles. The van der Waals surface area contributed by atoms with Crippen LogP contribution in [0.1, 0.15) is 17.0 Å². The summed E-state index contributed by atoms with van der Waals surface area (Å²) in [4.78, 5) is 4.04. The molecule has 1 aromatic carbocycles. The predicted molar refractivity (Wildman–Crippen MR) is 80.0 cm³/mol. The summed E-state index contributed by atoms with van der Waals surface area (Å²) in [6, 6.07) is 3.39. The van der Waals surface area contributed by atoms with E-state index in [-0.39, 0.29) is 18.0 Å². The lowest BCUT2D eigenvalue weighted by Crippen LogP contribution is -2.27. The average molecular weight is 375 g/mol. The molecule has 7 nitrogen and oxygen atoms in total. The fourth-order valence-electron chi connectivity index (χ4n) is 1.78. The number of nitrogens with zero attached hydrogens (tertiary/aromatic N) is 2. The Kier molecular flexibility index (Phi) is 5.09. The minimum Gasteiger partial charge on any atom is -0.343 e. The molecule has 1 heterocycles. The highest BCUT2D eigenvalue weighted by molar-refractivity contribution is 9.10. The number of hydrogen-bond donors (Lipinski definition) is 2. The normalized spacial score (nSPS) is 11.8. The van der Waals surface area contributed by atoms with Crippen LogP contribution in [-0.2, 0) is 23.0 Å². The number of aromatic nitrogens is 2. The van der Waals surface area contributed by atoms with Gasteiger partial charge in [0.1, 0.15) is 0 Å². The minimum absolute atomic E-state index is 0.186. The fourth-order valence-corrected chi connectivity index (χ4v) is 3.77. The third kappa shape index (κ3) is 3.88. The van der Waals surface area contributed by atoms with Crippen molar-refractivity contribution in [3.8, 4) is 0 Å². The van der Waals surface area contributed by atoms with Crippen molar-refractivity contribution >= 4 is 26.0 Å². The van der Waals surface area contributed by atoms with Gasteiger partial charge in [-0.25, -0.2) is 13.1 Å². The van der Waals surface area contributed by atoms with Crippen LogP contribution in [0.2, 0.25) is 0 Å². The van der Waals surface area contributed by atoms with Gasteiger partial charge >= 0.3 is 0 Å². The third-order valence-corrected chi connectivity index (χ3v) is 5.34. The zero-order valence-electron chi connectivity index (χ0n) is 11.3. The van der Waals surface area contributed by atoms with Crippen molar-refractivity contribution in [3.05, 3.63) is 40.0 Å². The first-order chi connectivity index (χ1) is 9.94. The molecule has 0 spiro atoms. The Labute approximate surface area is 131 Å². The lowest BCUT2D eigenvalue weighted by atomic mass is 10.1. The van der Waals surface area contributed by atoms with Gasteiger partial charge in [-0.3, -0.25) is 0 Å². The number of sulfonamides is 1. The van der Waals surface area contributed by atoms with Gasteiger partial charge in [-0.1, -0.05) is 21.1 Å². The summed E-state index contributed by atoms with van der Waals surface area (Å²) in [5, 5.41) is 3.62. The molecule has 0 unspecified atom stereocenters. The quantitative estimate of drug-likeness (QED) is 0.783. The van der Waals surface area contributed by atoms with Crippen LogP contribution in [0, 0.1) is 6.92 Å². The molecule has 9 heteroatoms. The number of rotatable bonds is 6. The predicted octanol–water partition coefficient (Wildman–Crippen LogP) is 1.12. The Bertz CT molecular complexity index is 716. The molecule has 114 valence electrons. The molecule has 0 saturated carbocycles. The van der Waals surface area contributed by atoms with Crippen LogP contribution in [0.25, 0.3) is 0 Å². The first-order valence-electron chi connectivity index (χ1n) is 6.18. The highest BCUT2D eigenvalue weighted by atomic mass is 79.9. The molecule has 0 aliphatic carbocycles. The van der Waals surface area contributed by atoms with Gasteiger partial charge in [0.15, 0.2) is 5.82 Å². The van der Waals surface area contributed by atoms with E-state index in [1.54, 1.807) is 13.0 Å². The molecular weight excluding hydrogens is 360 g/mol. The van der Waals surface area contributed by atoms with E-state index < -0.39 is 10.0 Å². The Morgan fingerprint density at radius 1 is 1.43 bits per heavy atom. The van der Waals surface area contributed by atoms with Crippen molar-refractivity contribution < 1.29 is 12.9 Å². The molecule has 21 heavy (non-hydrogen) atoms. The van der Waals surface area contributed by atoms with Gasteiger partial charge in [0, 0.05) is 24.0 Å². The van der Waals surface area contributed by atoms with Crippen LogP contribution in [0.4, 0.5) is 0 Å². The Morgan fingerprint density at radius 2 is 2.19 bits per heavy atom. The third-order valence-electron chi connectivity index (χ3n) is 2.93. The molecule has 0 atom stereocenters. The fraction of sp³-hybridized carbons (Fsp3) is 0.333. The highest BCUT2D eigenvalue weighted by Crippen LogP contribution is 2.25. The Hall–Kier alpha value is -1.29. The molecule has 0 aliphatic rings. The zero-order valence-corrected chi connectivity index (χ0v) is 13.7. The summed E-state index contributed by atoms with van der Waals surface area (Å²) in [7, 11) is -3.62. The van der Waals surface area contributed by atoms with E-state index >= 15 is 0 Å². The van der Waals surface area contributed by atoms with E-state index in [1.165, 1.54) is 6.39 Å². The minimum atomic E-state index is -3.62. The molecule has 0 fully saturated rings. The molecule has 3 N–H and O–H groups in total. The molecule has 0 radical (unpaired) electrons. The maximum atomic E-state index is 12.4. The molecule has 0 saturated heterocycles. The van der Waals surface area contributed by atoms with Gasteiger partial charge < -0.3 is 10.3 Å². The first kappa shape index (κ1) is 16.1. The average Bonchev–Trinajstić information content (AvgIpc) is 2.94. The van der Waals surface area contributed by atoms with Gasteiger partial charge in [0.05, 0.1) is 4.90 Å². The van der Waals surface area contributed by atoms with Crippen LogP contribution in [0.3, 0.4) is 0 Å². The van der Waals surface area contributed by atoms with Gasteiger partial charge in [0.25, 0.3) is 0 Å². The largest absolute Gasteiger partial charge is 0.343 e. The van der Waals surface area contributed by atoms with Crippen molar-refractivity contribution in [3.63, 3.8) is 0 Å². The van der Waals surface area contributed by atoms with E-state index in [2.05, 4.69) is 35.3 Å². The van der Waals surface area contributed by atoms with Crippen LogP contribution < -0.4 is 10.5 Å². The topological polar surface area (TPSA) is 111 Å². The highest BCUT2D eigenvalue weighted by Gasteiger charge is 2.19. The summed E-state index contributed by atoms with van der Waals surface area (Å²) in [6.07, 6.45) is 1.56. The Morgan fingerprint density at radius 3 is 2.81 bits per heavy atom. The van der Waals surface area contributed by atoms with Gasteiger partial charge in [-0.2, -0.15) is 4.98 Å². The van der Waals surface area contributed by atoms with E-state index in [1.807, 2.05) is 6.07 Å². The number of halogens is 1. The number of hydrogen-bond acceptors (Lipinski definition) is 6. The zero-order chi connectivity index (χ0) is 15.5. The molecule has 0 amide bonds. The standard InChI is InChI=1S/C12H15BrN4O3S/c1-8-10(13)4-9(6-14)5-11(8)21(18,19)16-3-2-12-15-7-20-17-12/h4-5,7,16H,2-3,6,14H2,1H3. The van der Waals surface area contributed by atoms with Crippen LogP contribution >= 0.6 is 15.9 Å². The van der Waals surface area contributed by atoms with Crippen molar-refractivity contribution in [2.45, 2.75) is 24.8 Å². The number of benzene rings is 1.